The molecule has 25 heavy (non-hydrogen) atoms. The highest BCUT2D eigenvalue weighted by Gasteiger charge is 2.35. The Bertz CT molecular complexity index is 799. The van der Waals surface area contributed by atoms with Gasteiger partial charge in [0.2, 0.25) is 11.8 Å². The van der Waals surface area contributed by atoms with Gasteiger partial charge in [-0.3, -0.25) is 9.59 Å². The molecule has 1 aliphatic rings. The summed E-state index contributed by atoms with van der Waals surface area (Å²) in [4.78, 5) is 26.6. The first-order valence-corrected chi connectivity index (χ1v) is 8.30. The molecule has 1 fully saturated rings. The van der Waals surface area contributed by atoms with Crippen LogP contribution in [0, 0.1) is 19.8 Å². The highest BCUT2D eigenvalue weighted by atomic mass is 16.5. The minimum Gasteiger partial charge on any atom is -0.497 e. The molecule has 2 amide bonds. The van der Waals surface area contributed by atoms with E-state index >= 15 is 0 Å². The summed E-state index contributed by atoms with van der Waals surface area (Å²) < 4.78 is 5.14. The Morgan fingerprint density at radius 2 is 1.88 bits per heavy atom. The molecule has 0 saturated carbocycles. The van der Waals surface area contributed by atoms with Gasteiger partial charge in [0.05, 0.1) is 13.0 Å². The number of benzene rings is 2. The lowest BCUT2D eigenvalue weighted by Gasteiger charge is -2.17. The number of hydrogen-bond donors (Lipinski definition) is 1. The summed E-state index contributed by atoms with van der Waals surface area (Å²) in [6.07, 6.45) is 0.225. The minimum absolute atomic E-state index is 0.0359. The molecule has 0 bridgehead atoms. The smallest absolute Gasteiger partial charge is 0.229 e. The van der Waals surface area contributed by atoms with Crippen LogP contribution in [0.5, 0.6) is 5.75 Å². The first-order valence-electron chi connectivity index (χ1n) is 8.30. The fourth-order valence-electron chi connectivity index (χ4n) is 3.00. The van der Waals surface area contributed by atoms with Crippen molar-refractivity contribution in [1.82, 2.24) is 0 Å². The summed E-state index contributed by atoms with van der Waals surface area (Å²) >= 11 is 0. The quantitative estimate of drug-likeness (QED) is 0.930. The molecule has 2 aromatic carbocycles. The van der Waals surface area contributed by atoms with Crippen LogP contribution < -0.4 is 15.0 Å². The molecule has 1 saturated heterocycles. The van der Waals surface area contributed by atoms with E-state index in [-0.39, 0.29) is 24.2 Å². The third kappa shape index (κ3) is 3.65. The van der Waals surface area contributed by atoms with Crippen LogP contribution in [0.4, 0.5) is 11.4 Å². The van der Waals surface area contributed by atoms with E-state index in [1.165, 1.54) is 0 Å². The van der Waals surface area contributed by atoms with E-state index in [1.807, 2.05) is 56.3 Å². The average molecular weight is 338 g/mol. The summed E-state index contributed by atoms with van der Waals surface area (Å²) in [5.41, 5.74) is 3.69. The van der Waals surface area contributed by atoms with E-state index in [0.29, 0.717) is 6.54 Å². The number of aryl methyl sites for hydroxylation is 2. The summed E-state index contributed by atoms with van der Waals surface area (Å²) in [5.74, 6) is 0.235. The van der Waals surface area contributed by atoms with E-state index < -0.39 is 0 Å². The third-order valence-corrected chi connectivity index (χ3v) is 4.53. The molecule has 1 aliphatic heterocycles. The highest BCUT2D eigenvalue weighted by Crippen LogP contribution is 2.28. The first kappa shape index (κ1) is 17.0. The monoisotopic (exact) mass is 338 g/mol. The van der Waals surface area contributed by atoms with Gasteiger partial charge in [-0.25, -0.2) is 0 Å². The Morgan fingerprint density at radius 3 is 2.56 bits per heavy atom. The molecule has 0 aliphatic carbocycles. The van der Waals surface area contributed by atoms with Gasteiger partial charge in [0.25, 0.3) is 0 Å². The standard InChI is InChI=1S/C20H22N2O3/c1-13-4-5-14(2)18(10-13)21-20(24)15-11-19(23)22(12-15)16-6-8-17(25-3)9-7-16/h4-10,15H,11-12H2,1-3H3,(H,21,24). The molecule has 130 valence electrons. The zero-order valence-electron chi connectivity index (χ0n) is 14.7. The molecule has 1 heterocycles. The topological polar surface area (TPSA) is 58.6 Å². The normalized spacial score (nSPS) is 16.8. The van der Waals surface area contributed by atoms with Gasteiger partial charge < -0.3 is 15.0 Å². The Balaban J connectivity index is 1.70. The van der Waals surface area contributed by atoms with Gasteiger partial charge in [-0.05, 0) is 55.3 Å². The maximum Gasteiger partial charge on any atom is 0.229 e. The van der Waals surface area contributed by atoms with Crippen molar-refractivity contribution in [2.45, 2.75) is 20.3 Å². The summed E-state index contributed by atoms with van der Waals surface area (Å²) in [7, 11) is 1.60. The molecule has 2 aromatic rings. The van der Waals surface area contributed by atoms with E-state index in [1.54, 1.807) is 12.0 Å². The van der Waals surface area contributed by atoms with Crippen molar-refractivity contribution in [2.24, 2.45) is 5.92 Å². The first-order chi connectivity index (χ1) is 12.0. The summed E-state index contributed by atoms with van der Waals surface area (Å²) in [5, 5.41) is 2.97. The molecular weight excluding hydrogens is 316 g/mol. The molecule has 1 unspecified atom stereocenters. The van der Waals surface area contributed by atoms with Crippen molar-refractivity contribution in [2.75, 3.05) is 23.9 Å². The van der Waals surface area contributed by atoms with Crippen LogP contribution in [0.1, 0.15) is 17.5 Å². The van der Waals surface area contributed by atoms with Crippen LogP contribution in [0.25, 0.3) is 0 Å². The Morgan fingerprint density at radius 1 is 1.16 bits per heavy atom. The van der Waals surface area contributed by atoms with E-state index in [9.17, 15) is 9.59 Å². The molecule has 3 rings (SSSR count). The lowest BCUT2D eigenvalue weighted by Crippen LogP contribution is -2.28. The molecular formula is C20H22N2O3. The maximum absolute atomic E-state index is 12.6. The van der Waals surface area contributed by atoms with E-state index in [2.05, 4.69) is 5.32 Å². The van der Waals surface area contributed by atoms with Crippen LogP contribution in [-0.2, 0) is 9.59 Å². The van der Waals surface area contributed by atoms with Crippen molar-refractivity contribution in [3.8, 4) is 5.75 Å². The van der Waals surface area contributed by atoms with Gasteiger partial charge in [0.1, 0.15) is 5.75 Å². The number of amides is 2. The lowest BCUT2D eigenvalue weighted by molar-refractivity contribution is -0.122. The van der Waals surface area contributed by atoms with Crippen molar-refractivity contribution >= 4 is 23.2 Å². The Kier molecular flexibility index (Phi) is 4.74. The highest BCUT2D eigenvalue weighted by molar-refractivity contribution is 6.03. The van der Waals surface area contributed by atoms with Crippen LogP contribution >= 0.6 is 0 Å². The van der Waals surface area contributed by atoms with Crippen molar-refractivity contribution in [3.63, 3.8) is 0 Å². The fraction of sp³-hybridized carbons (Fsp3) is 0.300. The number of anilines is 2. The number of hydrogen-bond acceptors (Lipinski definition) is 3. The Labute approximate surface area is 147 Å². The van der Waals surface area contributed by atoms with E-state index in [4.69, 9.17) is 4.74 Å². The average Bonchev–Trinajstić information content (AvgIpc) is 3.00. The van der Waals surface area contributed by atoms with Crippen molar-refractivity contribution < 1.29 is 14.3 Å². The predicted molar refractivity (Wildman–Crippen MR) is 98.0 cm³/mol. The molecule has 0 spiro atoms. The molecule has 0 aromatic heterocycles. The number of ether oxygens (including phenoxy) is 1. The maximum atomic E-state index is 12.6. The van der Waals surface area contributed by atoms with Gasteiger partial charge >= 0.3 is 0 Å². The van der Waals surface area contributed by atoms with Crippen molar-refractivity contribution in [3.05, 3.63) is 53.6 Å². The predicted octanol–water partition coefficient (Wildman–Crippen LogP) is 3.30. The molecule has 5 heteroatoms. The van der Waals surface area contributed by atoms with Gasteiger partial charge in [-0.15, -0.1) is 0 Å². The zero-order valence-corrected chi connectivity index (χ0v) is 14.7. The van der Waals surface area contributed by atoms with Crippen LogP contribution in [0.3, 0.4) is 0 Å². The number of carbonyl (C=O) groups is 2. The number of nitrogens with zero attached hydrogens (tertiary/aromatic N) is 1. The molecule has 1 atom stereocenters. The van der Waals surface area contributed by atoms with Gasteiger partial charge in [-0.1, -0.05) is 12.1 Å². The van der Waals surface area contributed by atoms with Crippen LogP contribution in [-0.4, -0.2) is 25.5 Å². The minimum atomic E-state index is -0.352. The number of methoxy groups -OCH3 is 1. The van der Waals surface area contributed by atoms with E-state index in [0.717, 1.165) is 28.3 Å². The molecule has 5 nitrogen and oxygen atoms in total. The number of carbonyl (C=O) groups excluding carboxylic acids is 2. The number of nitrogens with one attached hydrogen (secondary N) is 1. The largest absolute Gasteiger partial charge is 0.497 e. The number of rotatable bonds is 4. The summed E-state index contributed by atoms with van der Waals surface area (Å²) in [6.45, 7) is 4.33. The van der Waals surface area contributed by atoms with Crippen LogP contribution in [0.2, 0.25) is 0 Å². The lowest BCUT2D eigenvalue weighted by atomic mass is 10.1. The summed E-state index contributed by atoms with van der Waals surface area (Å²) in [6, 6.07) is 13.2. The Hall–Kier alpha value is -2.82. The second kappa shape index (κ2) is 6.97. The molecule has 0 radical (unpaired) electrons. The third-order valence-electron chi connectivity index (χ3n) is 4.53. The van der Waals surface area contributed by atoms with Crippen LogP contribution in [0.15, 0.2) is 42.5 Å². The second-order valence-electron chi connectivity index (χ2n) is 6.41. The molecule has 1 N–H and O–H groups in total. The zero-order chi connectivity index (χ0) is 18.0. The van der Waals surface area contributed by atoms with Gasteiger partial charge in [0, 0.05) is 24.3 Å². The SMILES string of the molecule is COc1ccc(N2CC(C(=O)Nc3cc(C)ccc3C)CC2=O)cc1. The fourth-order valence-corrected chi connectivity index (χ4v) is 3.00. The van der Waals surface area contributed by atoms with Gasteiger partial charge in [0.15, 0.2) is 0 Å². The van der Waals surface area contributed by atoms with Gasteiger partial charge in [-0.2, -0.15) is 0 Å². The van der Waals surface area contributed by atoms with Crippen molar-refractivity contribution in [1.29, 1.82) is 0 Å². The second-order valence-corrected chi connectivity index (χ2v) is 6.41.